The average Bonchev–Trinajstić information content (AvgIpc) is 2.75. The molecule has 28 heavy (non-hydrogen) atoms. The first-order chi connectivity index (χ1) is 13.6. The van der Waals surface area contributed by atoms with Crippen molar-refractivity contribution in [2.24, 2.45) is 0 Å². The van der Waals surface area contributed by atoms with Gasteiger partial charge >= 0.3 is 0 Å². The number of nitrogens with zero attached hydrogens (tertiary/aromatic N) is 1. The van der Waals surface area contributed by atoms with Gasteiger partial charge in [-0.2, -0.15) is 0 Å². The zero-order valence-corrected chi connectivity index (χ0v) is 16.2. The van der Waals surface area contributed by atoms with Gasteiger partial charge in [0.05, 0.1) is 25.7 Å². The molecule has 0 saturated heterocycles. The molecule has 1 amide bonds. The number of likely N-dealkylation sites (N-methyl/N-ethyl adjacent to an activating group) is 1. The molecule has 4 heteroatoms. The number of hydrogen-bond donors (Lipinski definition) is 1. The van der Waals surface area contributed by atoms with Crippen molar-refractivity contribution < 1.29 is 14.6 Å². The molecule has 0 spiro atoms. The average molecular weight is 375 g/mol. The van der Waals surface area contributed by atoms with Crippen molar-refractivity contribution in [3.63, 3.8) is 0 Å². The zero-order chi connectivity index (χ0) is 19.9. The summed E-state index contributed by atoms with van der Waals surface area (Å²) < 4.78 is 5.22. The lowest BCUT2D eigenvalue weighted by Gasteiger charge is -2.26. The molecule has 0 fully saturated rings. The number of carbonyl (C=O) groups excluding carboxylic acids is 1. The molecule has 0 saturated carbocycles. The lowest BCUT2D eigenvalue weighted by atomic mass is 9.90. The number of hydrogen-bond acceptors (Lipinski definition) is 3. The van der Waals surface area contributed by atoms with Crippen LogP contribution in [0.1, 0.15) is 28.7 Å². The van der Waals surface area contributed by atoms with E-state index in [1.807, 2.05) is 78.9 Å². The quantitative estimate of drug-likeness (QED) is 0.679. The summed E-state index contributed by atoms with van der Waals surface area (Å²) in [6, 6.07) is 26.7. The fraction of sp³-hybridized carbons (Fsp3) is 0.208. The van der Waals surface area contributed by atoms with E-state index in [-0.39, 0.29) is 12.5 Å². The van der Waals surface area contributed by atoms with Gasteiger partial charge < -0.3 is 14.7 Å². The van der Waals surface area contributed by atoms with Crippen molar-refractivity contribution in [2.45, 2.75) is 12.0 Å². The Morgan fingerprint density at radius 2 is 1.43 bits per heavy atom. The van der Waals surface area contributed by atoms with E-state index in [0.29, 0.717) is 5.75 Å². The minimum atomic E-state index is -0.795. The van der Waals surface area contributed by atoms with Gasteiger partial charge in [0, 0.05) is 7.05 Å². The normalized spacial score (nSPS) is 11.9. The van der Waals surface area contributed by atoms with Crippen LogP contribution in [0.25, 0.3) is 0 Å². The first kappa shape index (κ1) is 19.6. The number of amides is 1. The van der Waals surface area contributed by atoms with Crippen molar-refractivity contribution in [2.75, 3.05) is 20.7 Å². The summed E-state index contributed by atoms with van der Waals surface area (Å²) in [5.41, 5.74) is 2.58. The van der Waals surface area contributed by atoms with Crippen LogP contribution in [0.3, 0.4) is 0 Å². The molecule has 1 N–H and O–H groups in total. The number of benzene rings is 3. The number of aliphatic hydroxyl groups is 1. The van der Waals surface area contributed by atoms with Gasteiger partial charge in [-0.1, -0.05) is 72.8 Å². The molecule has 0 aromatic heterocycles. The second-order valence-corrected chi connectivity index (χ2v) is 6.77. The molecular formula is C24H25NO3. The SMILES string of the molecule is COc1cccc(C(O)CN(C)C(=O)C(c2ccccc2)c2ccccc2)c1. The van der Waals surface area contributed by atoms with Crippen LogP contribution in [0.4, 0.5) is 0 Å². The number of rotatable bonds is 7. The smallest absolute Gasteiger partial charge is 0.234 e. The van der Waals surface area contributed by atoms with Gasteiger partial charge in [-0.15, -0.1) is 0 Å². The topological polar surface area (TPSA) is 49.8 Å². The predicted molar refractivity (Wildman–Crippen MR) is 110 cm³/mol. The minimum absolute atomic E-state index is 0.0562. The standard InChI is InChI=1S/C24H25NO3/c1-25(17-22(26)20-14-9-15-21(16-20)28-2)24(27)23(18-10-5-3-6-11-18)19-12-7-4-8-13-19/h3-16,22-23,26H,17H2,1-2H3. The lowest BCUT2D eigenvalue weighted by Crippen LogP contribution is -2.35. The third kappa shape index (κ3) is 4.59. The Labute approximate surface area is 166 Å². The first-order valence-electron chi connectivity index (χ1n) is 9.27. The molecular weight excluding hydrogens is 350 g/mol. The Morgan fingerprint density at radius 1 is 0.893 bits per heavy atom. The molecule has 0 heterocycles. The Kier molecular flexibility index (Phi) is 6.45. The van der Waals surface area contributed by atoms with Gasteiger partial charge in [0.15, 0.2) is 0 Å². The highest BCUT2D eigenvalue weighted by atomic mass is 16.5. The molecule has 3 aromatic rings. The number of carbonyl (C=O) groups is 1. The van der Waals surface area contributed by atoms with Crippen LogP contribution < -0.4 is 4.74 Å². The molecule has 3 aromatic carbocycles. The van der Waals surface area contributed by atoms with Crippen LogP contribution in [0.2, 0.25) is 0 Å². The van der Waals surface area contributed by atoms with Crippen molar-refractivity contribution in [3.8, 4) is 5.75 Å². The summed E-state index contributed by atoms with van der Waals surface area (Å²) >= 11 is 0. The molecule has 0 bridgehead atoms. The summed E-state index contributed by atoms with van der Waals surface area (Å²) in [6.45, 7) is 0.197. The minimum Gasteiger partial charge on any atom is -0.497 e. The third-order valence-corrected chi connectivity index (χ3v) is 4.81. The molecule has 144 valence electrons. The molecule has 1 unspecified atom stereocenters. The maximum Gasteiger partial charge on any atom is 0.234 e. The van der Waals surface area contributed by atoms with Crippen molar-refractivity contribution in [1.29, 1.82) is 0 Å². The van der Waals surface area contributed by atoms with E-state index in [1.54, 1.807) is 25.1 Å². The van der Waals surface area contributed by atoms with Crippen LogP contribution in [-0.2, 0) is 4.79 Å². The van der Waals surface area contributed by atoms with Gasteiger partial charge in [0.25, 0.3) is 0 Å². The zero-order valence-electron chi connectivity index (χ0n) is 16.2. The van der Waals surface area contributed by atoms with E-state index < -0.39 is 12.0 Å². The van der Waals surface area contributed by atoms with E-state index in [1.165, 1.54) is 0 Å². The molecule has 0 aliphatic heterocycles. The van der Waals surface area contributed by atoms with Gasteiger partial charge in [0.1, 0.15) is 5.75 Å². The van der Waals surface area contributed by atoms with E-state index in [0.717, 1.165) is 16.7 Å². The lowest BCUT2D eigenvalue weighted by molar-refractivity contribution is -0.131. The molecule has 0 radical (unpaired) electrons. The predicted octanol–water partition coefficient (Wildman–Crippen LogP) is 4.02. The maximum absolute atomic E-state index is 13.3. The second kappa shape index (κ2) is 9.20. The van der Waals surface area contributed by atoms with E-state index in [4.69, 9.17) is 4.74 Å². The molecule has 4 nitrogen and oxygen atoms in total. The first-order valence-corrected chi connectivity index (χ1v) is 9.27. The molecule has 1 atom stereocenters. The summed E-state index contributed by atoms with van der Waals surface area (Å²) in [7, 11) is 3.32. The number of methoxy groups -OCH3 is 1. The Morgan fingerprint density at radius 3 is 1.96 bits per heavy atom. The Hall–Kier alpha value is -3.11. The second-order valence-electron chi connectivity index (χ2n) is 6.77. The van der Waals surface area contributed by atoms with Crippen LogP contribution in [0.15, 0.2) is 84.9 Å². The monoisotopic (exact) mass is 375 g/mol. The Bertz CT molecular complexity index is 856. The molecule has 0 aliphatic rings. The maximum atomic E-state index is 13.3. The molecule has 0 aliphatic carbocycles. The highest BCUT2D eigenvalue weighted by Gasteiger charge is 2.27. The van der Waals surface area contributed by atoms with Crippen LogP contribution in [0.5, 0.6) is 5.75 Å². The largest absolute Gasteiger partial charge is 0.497 e. The highest BCUT2D eigenvalue weighted by molar-refractivity contribution is 5.87. The van der Waals surface area contributed by atoms with Crippen LogP contribution in [-0.4, -0.2) is 36.6 Å². The third-order valence-electron chi connectivity index (χ3n) is 4.81. The van der Waals surface area contributed by atoms with Crippen molar-refractivity contribution in [1.82, 2.24) is 4.90 Å². The summed E-state index contributed by atoms with van der Waals surface area (Å²) in [6.07, 6.45) is -0.795. The van der Waals surface area contributed by atoms with Crippen LogP contribution >= 0.6 is 0 Å². The molecule has 3 rings (SSSR count). The number of aliphatic hydroxyl groups excluding tert-OH is 1. The van der Waals surface area contributed by atoms with Gasteiger partial charge in [-0.25, -0.2) is 0 Å². The van der Waals surface area contributed by atoms with E-state index in [9.17, 15) is 9.90 Å². The Balaban J connectivity index is 1.82. The van der Waals surface area contributed by atoms with Crippen molar-refractivity contribution >= 4 is 5.91 Å². The van der Waals surface area contributed by atoms with E-state index >= 15 is 0 Å². The van der Waals surface area contributed by atoms with E-state index in [2.05, 4.69) is 0 Å². The summed E-state index contributed by atoms with van der Waals surface area (Å²) in [4.78, 5) is 14.9. The highest BCUT2D eigenvalue weighted by Crippen LogP contribution is 2.27. The van der Waals surface area contributed by atoms with Gasteiger partial charge in [0.2, 0.25) is 5.91 Å². The van der Waals surface area contributed by atoms with Gasteiger partial charge in [-0.3, -0.25) is 4.79 Å². The fourth-order valence-electron chi connectivity index (χ4n) is 3.29. The van der Waals surface area contributed by atoms with Crippen molar-refractivity contribution in [3.05, 3.63) is 102 Å². The van der Waals surface area contributed by atoms with Gasteiger partial charge in [-0.05, 0) is 28.8 Å². The summed E-state index contributed by atoms with van der Waals surface area (Å²) in [5, 5.41) is 10.6. The summed E-state index contributed by atoms with van der Waals surface area (Å²) in [5.74, 6) is 0.209. The number of ether oxygens (including phenoxy) is 1. The fourth-order valence-corrected chi connectivity index (χ4v) is 3.29. The van der Waals surface area contributed by atoms with Crippen LogP contribution in [0, 0.1) is 0 Å².